The molecule has 0 amide bonds. The van der Waals surface area contributed by atoms with Crippen LogP contribution < -0.4 is 0 Å². The zero-order valence-corrected chi connectivity index (χ0v) is 12.5. The molecule has 7 heteroatoms. The largest absolute Gasteiger partial charge is 0.455 e. The first kappa shape index (κ1) is 14.9. The lowest BCUT2D eigenvalue weighted by Crippen LogP contribution is -2.07. The van der Waals surface area contributed by atoms with Crippen LogP contribution in [0, 0.1) is 11.6 Å². The van der Waals surface area contributed by atoms with Crippen molar-refractivity contribution < 1.29 is 18.3 Å². The summed E-state index contributed by atoms with van der Waals surface area (Å²) in [7, 11) is 0. The monoisotopic (exact) mass is 339 g/mol. The van der Waals surface area contributed by atoms with E-state index < -0.39 is 17.6 Å². The van der Waals surface area contributed by atoms with Crippen LogP contribution in [-0.4, -0.2) is 11.0 Å². The van der Waals surface area contributed by atoms with Crippen molar-refractivity contribution in [3.8, 4) is 0 Å². The van der Waals surface area contributed by atoms with Gasteiger partial charge in [-0.25, -0.2) is 18.6 Å². The van der Waals surface area contributed by atoms with Gasteiger partial charge in [0.25, 0.3) is 0 Å². The molecule has 0 saturated heterocycles. The zero-order chi connectivity index (χ0) is 15.7. The summed E-state index contributed by atoms with van der Waals surface area (Å²) in [6.45, 7) is -0.0620. The number of aromatic nitrogens is 1. The summed E-state index contributed by atoms with van der Waals surface area (Å²) in [5.74, 6) is -3.10. The van der Waals surface area contributed by atoms with Crippen molar-refractivity contribution in [2.45, 2.75) is 6.61 Å². The molecule has 0 aliphatic carbocycles. The van der Waals surface area contributed by atoms with Crippen molar-refractivity contribution in [1.82, 2.24) is 4.98 Å². The molecule has 0 N–H and O–H groups in total. The number of esters is 1. The van der Waals surface area contributed by atoms with Gasteiger partial charge in [-0.15, -0.1) is 11.3 Å². The number of rotatable bonds is 3. The third-order valence-electron chi connectivity index (χ3n) is 2.89. The van der Waals surface area contributed by atoms with E-state index in [2.05, 4.69) is 4.98 Å². The van der Waals surface area contributed by atoms with Crippen molar-refractivity contribution >= 4 is 39.1 Å². The summed E-state index contributed by atoms with van der Waals surface area (Å²) in [6, 6.07) is 8.97. The van der Waals surface area contributed by atoms with Crippen LogP contribution in [0.15, 0.2) is 36.4 Å². The average Bonchev–Trinajstić information content (AvgIpc) is 2.91. The first-order chi connectivity index (χ1) is 10.5. The number of carbonyl (C=O) groups is 1. The summed E-state index contributed by atoms with van der Waals surface area (Å²) in [4.78, 5) is 16.2. The Morgan fingerprint density at radius 1 is 1.23 bits per heavy atom. The van der Waals surface area contributed by atoms with E-state index in [-0.39, 0.29) is 17.2 Å². The van der Waals surface area contributed by atoms with Crippen molar-refractivity contribution in [2.24, 2.45) is 0 Å². The van der Waals surface area contributed by atoms with Gasteiger partial charge in [0.1, 0.15) is 11.6 Å². The number of para-hydroxylation sites is 1. The molecule has 3 nitrogen and oxygen atoms in total. The summed E-state index contributed by atoms with van der Waals surface area (Å²) < 4.78 is 32.2. The van der Waals surface area contributed by atoms with Gasteiger partial charge in [-0.1, -0.05) is 23.7 Å². The molecule has 0 atom stereocenters. The first-order valence-electron chi connectivity index (χ1n) is 6.20. The Morgan fingerprint density at radius 3 is 2.73 bits per heavy atom. The predicted octanol–water partition coefficient (Wildman–Crippen LogP) is 4.58. The number of fused-ring (bicyclic) bond motifs is 1. The highest BCUT2D eigenvalue weighted by Crippen LogP contribution is 2.24. The molecule has 3 rings (SSSR count). The number of thiazole rings is 1. The van der Waals surface area contributed by atoms with Gasteiger partial charge in [-0.2, -0.15) is 0 Å². The highest BCUT2D eigenvalue weighted by molar-refractivity contribution is 7.18. The van der Waals surface area contributed by atoms with Crippen LogP contribution in [0.3, 0.4) is 0 Å². The second-order valence-corrected chi connectivity index (χ2v) is 5.92. The van der Waals surface area contributed by atoms with Crippen molar-refractivity contribution in [2.75, 3.05) is 0 Å². The number of carbonyl (C=O) groups excluding carboxylic acids is 1. The van der Waals surface area contributed by atoms with Crippen LogP contribution in [0.4, 0.5) is 8.78 Å². The van der Waals surface area contributed by atoms with E-state index in [0.717, 1.165) is 22.3 Å². The number of nitrogens with zero attached hydrogens (tertiary/aromatic N) is 1. The number of hydrogen-bond donors (Lipinski definition) is 0. The number of ether oxygens (including phenoxy) is 1. The molecule has 0 bridgehead atoms. The van der Waals surface area contributed by atoms with E-state index >= 15 is 0 Å². The third kappa shape index (κ3) is 2.93. The smallest absolute Gasteiger partial charge is 0.340 e. The molecule has 0 fully saturated rings. The molecule has 0 spiro atoms. The van der Waals surface area contributed by atoms with Crippen molar-refractivity contribution in [3.63, 3.8) is 0 Å². The maximum absolute atomic E-state index is 13.2. The molecule has 0 aliphatic heterocycles. The fourth-order valence-corrected chi connectivity index (χ4v) is 2.97. The summed E-state index contributed by atoms with van der Waals surface area (Å²) in [5, 5.41) is 0.404. The molecule has 0 saturated carbocycles. The van der Waals surface area contributed by atoms with Crippen LogP contribution in [0.25, 0.3) is 10.2 Å². The summed E-state index contributed by atoms with van der Waals surface area (Å²) in [5.41, 5.74) is 0.589. The molecule has 1 heterocycles. The van der Waals surface area contributed by atoms with Crippen LogP contribution >= 0.6 is 22.9 Å². The highest BCUT2D eigenvalue weighted by Gasteiger charge is 2.17. The second-order valence-electron chi connectivity index (χ2n) is 4.40. The first-order valence-corrected chi connectivity index (χ1v) is 7.40. The molecule has 2 aromatic carbocycles. The Balaban J connectivity index is 1.76. The normalized spacial score (nSPS) is 10.9. The molecular weight excluding hydrogens is 332 g/mol. The maximum atomic E-state index is 13.2. The van der Waals surface area contributed by atoms with E-state index in [4.69, 9.17) is 16.3 Å². The van der Waals surface area contributed by atoms with Gasteiger partial charge in [-0.3, -0.25) is 0 Å². The Morgan fingerprint density at radius 2 is 1.95 bits per heavy atom. The number of benzene rings is 2. The molecule has 112 valence electrons. The Labute approximate surface area is 133 Å². The zero-order valence-electron chi connectivity index (χ0n) is 11.0. The van der Waals surface area contributed by atoms with E-state index in [0.29, 0.717) is 5.01 Å². The minimum atomic E-state index is -1.16. The van der Waals surface area contributed by atoms with E-state index in [9.17, 15) is 13.6 Å². The molecule has 3 aromatic rings. The van der Waals surface area contributed by atoms with Gasteiger partial charge in [0, 0.05) is 0 Å². The van der Waals surface area contributed by atoms with Gasteiger partial charge in [0.05, 0.1) is 20.8 Å². The SMILES string of the molecule is O=C(OCc1nc2ccccc2s1)c1cc(F)c(F)cc1Cl. The van der Waals surface area contributed by atoms with Gasteiger partial charge in [-0.05, 0) is 24.3 Å². The Bertz CT molecular complexity index is 833. The van der Waals surface area contributed by atoms with Crippen LogP contribution in [0.5, 0.6) is 0 Å². The molecule has 0 radical (unpaired) electrons. The number of halogens is 3. The van der Waals surface area contributed by atoms with Crippen LogP contribution in [0.2, 0.25) is 5.02 Å². The molecular formula is C15H8ClF2NO2S. The average molecular weight is 340 g/mol. The lowest BCUT2D eigenvalue weighted by Gasteiger charge is -2.05. The Hall–Kier alpha value is -2.05. The van der Waals surface area contributed by atoms with E-state index in [1.807, 2.05) is 24.3 Å². The molecule has 1 aromatic heterocycles. The quantitative estimate of drug-likeness (QED) is 0.517. The topological polar surface area (TPSA) is 39.2 Å². The fourth-order valence-electron chi connectivity index (χ4n) is 1.87. The third-order valence-corrected chi connectivity index (χ3v) is 4.22. The lowest BCUT2D eigenvalue weighted by atomic mass is 10.2. The van der Waals surface area contributed by atoms with E-state index in [1.54, 1.807) is 0 Å². The molecule has 0 aliphatic rings. The fraction of sp³-hybridized carbons (Fsp3) is 0.0667. The number of hydrogen-bond acceptors (Lipinski definition) is 4. The van der Waals surface area contributed by atoms with Gasteiger partial charge >= 0.3 is 5.97 Å². The van der Waals surface area contributed by atoms with E-state index in [1.165, 1.54) is 11.3 Å². The second kappa shape index (κ2) is 5.98. The lowest BCUT2D eigenvalue weighted by molar-refractivity contribution is 0.0472. The summed E-state index contributed by atoms with van der Waals surface area (Å²) >= 11 is 7.11. The minimum absolute atomic E-state index is 0.0620. The van der Waals surface area contributed by atoms with Gasteiger partial charge in [0.2, 0.25) is 0 Å². The standard InChI is InChI=1S/C15H8ClF2NO2S/c16-9-6-11(18)10(17)5-8(9)15(20)21-7-14-19-12-3-1-2-4-13(12)22-14/h1-6H,7H2. The summed E-state index contributed by atoms with van der Waals surface area (Å²) in [6.07, 6.45) is 0. The van der Waals surface area contributed by atoms with Crippen molar-refractivity contribution in [1.29, 1.82) is 0 Å². The van der Waals surface area contributed by atoms with Crippen molar-refractivity contribution in [3.05, 3.63) is 63.6 Å². The minimum Gasteiger partial charge on any atom is -0.455 e. The maximum Gasteiger partial charge on any atom is 0.340 e. The van der Waals surface area contributed by atoms with Gasteiger partial charge < -0.3 is 4.74 Å². The highest BCUT2D eigenvalue weighted by atomic mass is 35.5. The van der Waals surface area contributed by atoms with Crippen LogP contribution in [0.1, 0.15) is 15.4 Å². The molecule has 0 unspecified atom stereocenters. The molecule has 22 heavy (non-hydrogen) atoms. The van der Waals surface area contributed by atoms with Gasteiger partial charge in [0.15, 0.2) is 11.6 Å². The van der Waals surface area contributed by atoms with Crippen LogP contribution in [-0.2, 0) is 11.3 Å². The Kier molecular flexibility index (Phi) is 4.04. The predicted molar refractivity (Wildman–Crippen MR) is 80.1 cm³/mol.